The van der Waals surface area contributed by atoms with Crippen LogP contribution in [-0.4, -0.2) is 50.6 Å². The standard InChI is InChI=1S/C16H22O6/c1-11(3-5-13-9-21-13)15(17)19-7-8-20-16(18)12(2)4-6-14-10-22-14/h3-4,13-14H,5-10H2,1-2H3. The third-order valence-electron chi connectivity index (χ3n) is 3.37. The molecule has 0 N–H and O–H groups in total. The van der Waals surface area contributed by atoms with Gasteiger partial charge in [-0.05, 0) is 26.7 Å². The fourth-order valence-electron chi connectivity index (χ4n) is 1.69. The summed E-state index contributed by atoms with van der Waals surface area (Å²) < 4.78 is 20.2. The smallest absolute Gasteiger partial charge is 0.333 e. The van der Waals surface area contributed by atoms with Crippen LogP contribution in [0, 0.1) is 0 Å². The molecule has 2 heterocycles. The van der Waals surface area contributed by atoms with Crippen LogP contribution in [0.3, 0.4) is 0 Å². The first-order valence-electron chi connectivity index (χ1n) is 7.47. The van der Waals surface area contributed by atoms with Gasteiger partial charge in [-0.15, -0.1) is 0 Å². The molecular weight excluding hydrogens is 288 g/mol. The molecule has 6 nitrogen and oxygen atoms in total. The SMILES string of the molecule is CC(=CCC1CO1)C(=O)OCCOC(=O)C(C)=CCC1CO1. The van der Waals surface area contributed by atoms with Crippen molar-refractivity contribution in [1.82, 2.24) is 0 Å². The van der Waals surface area contributed by atoms with Gasteiger partial charge in [-0.25, -0.2) is 9.59 Å². The van der Waals surface area contributed by atoms with E-state index in [2.05, 4.69) is 0 Å². The molecule has 0 aliphatic carbocycles. The Morgan fingerprint density at radius 2 is 1.27 bits per heavy atom. The summed E-state index contributed by atoms with van der Waals surface area (Å²) in [5, 5.41) is 0. The Morgan fingerprint density at radius 1 is 0.909 bits per heavy atom. The summed E-state index contributed by atoms with van der Waals surface area (Å²) >= 11 is 0. The van der Waals surface area contributed by atoms with Gasteiger partial charge in [-0.1, -0.05) is 12.2 Å². The minimum Gasteiger partial charge on any atom is -0.459 e. The molecule has 0 spiro atoms. The first kappa shape index (κ1) is 16.7. The van der Waals surface area contributed by atoms with Gasteiger partial charge in [0, 0.05) is 11.1 Å². The van der Waals surface area contributed by atoms with Crippen LogP contribution in [-0.2, 0) is 28.5 Å². The lowest BCUT2D eigenvalue weighted by molar-refractivity contribution is -0.147. The van der Waals surface area contributed by atoms with Gasteiger partial charge >= 0.3 is 11.9 Å². The highest BCUT2D eigenvalue weighted by Crippen LogP contribution is 2.16. The average molecular weight is 310 g/mol. The lowest BCUT2D eigenvalue weighted by Crippen LogP contribution is -2.15. The number of rotatable bonds is 9. The number of hydrogen-bond acceptors (Lipinski definition) is 6. The van der Waals surface area contributed by atoms with Gasteiger partial charge in [-0.3, -0.25) is 0 Å². The van der Waals surface area contributed by atoms with E-state index in [0.717, 1.165) is 26.1 Å². The molecule has 2 aliphatic heterocycles. The van der Waals surface area contributed by atoms with Crippen molar-refractivity contribution in [2.45, 2.75) is 38.9 Å². The van der Waals surface area contributed by atoms with Crippen LogP contribution in [0.5, 0.6) is 0 Å². The summed E-state index contributed by atoms with van der Waals surface area (Å²) in [5.74, 6) is -0.787. The van der Waals surface area contributed by atoms with Crippen molar-refractivity contribution in [2.75, 3.05) is 26.4 Å². The molecule has 2 aliphatic rings. The molecule has 2 saturated heterocycles. The van der Waals surface area contributed by atoms with Crippen LogP contribution >= 0.6 is 0 Å². The molecule has 2 fully saturated rings. The number of epoxide rings is 2. The third kappa shape index (κ3) is 6.41. The first-order valence-corrected chi connectivity index (χ1v) is 7.47. The second kappa shape index (κ2) is 8.10. The van der Waals surface area contributed by atoms with Crippen LogP contribution in [0.15, 0.2) is 23.3 Å². The molecule has 22 heavy (non-hydrogen) atoms. The lowest BCUT2D eigenvalue weighted by atomic mass is 10.2. The van der Waals surface area contributed by atoms with Gasteiger partial charge in [0.25, 0.3) is 0 Å². The van der Waals surface area contributed by atoms with Gasteiger partial charge in [0.2, 0.25) is 0 Å². The van der Waals surface area contributed by atoms with E-state index in [1.165, 1.54) is 0 Å². The first-order chi connectivity index (χ1) is 10.6. The lowest BCUT2D eigenvalue weighted by Gasteiger charge is -2.07. The monoisotopic (exact) mass is 310 g/mol. The van der Waals surface area contributed by atoms with E-state index in [-0.39, 0.29) is 25.4 Å². The maximum atomic E-state index is 11.6. The molecule has 0 saturated carbocycles. The number of hydrogen-bond donors (Lipinski definition) is 0. The fourth-order valence-corrected chi connectivity index (χ4v) is 1.69. The highest BCUT2D eigenvalue weighted by atomic mass is 16.6. The van der Waals surface area contributed by atoms with E-state index >= 15 is 0 Å². The summed E-state index contributed by atoms with van der Waals surface area (Å²) in [6.07, 6.45) is 5.56. The molecule has 2 unspecified atom stereocenters. The molecule has 0 aromatic carbocycles. The molecule has 0 bridgehead atoms. The predicted octanol–water partition coefficient (Wildman–Crippen LogP) is 1.54. The molecular formula is C16H22O6. The van der Waals surface area contributed by atoms with E-state index < -0.39 is 11.9 Å². The zero-order chi connectivity index (χ0) is 15.9. The van der Waals surface area contributed by atoms with Crippen molar-refractivity contribution in [1.29, 1.82) is 0 Å². The van der Waals surface area contributed by atoms with Crippen molar-refractivity contribution >= 4 is 11.9 Å². The Morgan fingerprint density at radius 3 is 1.59 bits per heavy atom. The van der Waals surface area contributed by atoms with Crippen molar-refractivity contribution in [3.8, 4) is 0 Å². The Kier molecular flexibility index (Phi) is 6.15. The Balaban J connectivity index is 1.56. The van der Waals surface area contributed by atoms with Crippen molar-refractivity contribution in [3.05, 3.63) is 23.3 Å². The van der Waals surface area contributed by atoms with Crippen LogP contribution in [0.1, 0.15) is 26.7 Å². The zero-order valence-corrected chi connectivity index (χ0v) is 13.0. The molecule has 0 radical (unpaired) electrons. The number of carbonyl (C=O) groups is 2. The quantitative estimate of drug-likeness (QED) is 0.278. The Hall–Kier alpha value is -1.66. The largest absolute Gasteiger partial charge is 0.459 e. The third-order valence-corrected chi connectivity index (χ3v) is 3.37. The summed E-state index contributed by atoms with van der Waals surface area (Å²) in [6, 6.07) is 0. The molecule has 2 atom stereocenters. The summed E-state index contributed by atoms with van der Waals surface area (Å²) in [4.78, 5) is 23.3. The Bertz CT molecular complexity index is 427. The predicted molar refractivity (Wildman–Crippen MR) is 78.1 cm³/mol. The normalized spacial score (nSPS) is 23.9. The zero-order valence-electron chi connectivity index (χ0n) is 13.0. The van der Waals surface area contributed by atoms with Crippen molar-refractivity contribution in [2.24, 2.45) is 0 Å². The van der Waals surface area contributed by atoms with Gasteiger partial charge in [0.05, 0.1) is 25.4 Å². The summed E-state index contributed by atoms with van der Waals surface area (Å²) in [7, 11) is 0. The maximum Gasteiger partial charge on any atom is 0.333 e. The topological polar surface area (TPSA) is 77.7 Å². The van der Waals surface area contributed by atoms with Crippen LogP contribution < -0.4 is 0 Å². The molecule has 0 aromatic heterocycles. The molecule has 6 heteroatoms. The minimum atomic E-state index is -0.394. The van der Waals surface area contributed by atoms with E-state index in [1.54, 1.807) is 26.0 Å². The number of esters is 2. The minimum absolute atomic E-state index is 0.0503. The fraction of sp³-hybridized carbons (Fsp3) is 0.625. The van der Waals surface area contributed by atoms with Crippen molar-refractivity contribution in [3.63, 3.8) is 0 Å². The second-order valence-corrected chi connectivity index (χ2v) is 5.43. The molecule has 2 rings (SSSR count). The van der Waals surface area contributed by atoms with Crippen LogP contribution in [0.2, 0.25) is 0 Å². The van der Waals surface area contributed by atoms with Gasteiger partial charge < -0.3 is 18.9 Å². The van der Waals surface area contributed by atoms with E-state index in [4.69, 9.17) is 18.9 Å². The Labute approximate surface area is 130 Å². The van der Waals surface area contributed by atoms with Crippen molar-refractivity contribution < 1.29 is 28.5 Å². The second-order valence-electron chi connectivity index (χ2n) is 5.43. The van der Waals surface area contributed by atoms with Crippen LogP contribution in [0.25, 0.3) is 0 Å². The molecule has 0 amide bonds. The number of ether oxygens (including phenoxy) is 4. The van der Waals surface area contributed by atoms with E-state index in [0.29, 0.717) is 11.1 Å². The van der Waals surface area contributed by atoms with Crippen LogP contribution in [0.4, 0.5) is 0 Å². The molecule has 0 aromatic rings. The van der Waals surface area contributed by atoms with Gasteiger partial charge in [0.15, 0.2) is 0 Å². The van der Waals surface area contributed by atoms with Gasteiger partial charge in [0.1, 0.15) is 13.2 Å². The summed E-state index contributed by atoms with van der Waals surface area (Å²) in [5.41, 5.74) is 1.09. The average Bonchev–Trinajstić information content (AvgIpc) is 3.39. The van der Waals surface area contributed by atoms with E-state index in [9.17, 15) is 9.59 Å². The van der Waals surface area contributed by atoms with E-state index in [1.807, 2.05) is 0 Å². The van der Waals surface area contributed by atoms with Gasteiger partial charge in [-0.2, -0.15) is 0 Å². The highest BCUT2D eigenvalue weighted by Gasteiger charge is 2.22. The number of carbonyl (C=O) groups excluding carboxylic acids is 2. The maximum absolute atomic E-state index is 11.6. The molecule has 122 valence electrons. The highest BCUT2D eigenvalue weighted by molar-refractivity contribution is 5.88. The summed E-state index contributed by atoms with van der Waals surface area (Å²) in [6.45, 7) is 5.01.